The van der Waals surface area contributed by atoms with E-state index in [0.717, 1.165) is 31.2 Å². The number of anilines is 2. The van der Waals surface area contributed by atoms with Crippen LogP contribution in [0.1, 0.15) is 19.3 Å². The van der Waals surface area contributed by atoms with Crippen LogP contribution in [0.5, 0.6) is 17.2 Å². The fraction of sp³-hybridized carbons (Fsp3) is 0.520. The second kappa shape index (κ2) is 10.1. The predicted octanol–water partition coefficient (Wildman–Crippen LogP) is 2.43. The lowest BCUT2D eigenvalue weighted by atomic mass is 9.99. The zero-order chi connectivity index (χ0) is 25.3. The first-order valence-corrected chi connectivity index (χ1v) is 14.0. The van der Waals surface area contributed by atoms with Crippen molar-refractivity contribution < 1.29 is 32.2 Å². The zero-order valence-electron chi connectivity index (χ0n) is 20.5. The number of pyridine rings is 1. The Morgan fingerprint density at radius 2 is 1.92 bits per heavy atom. The number of sulfone groups is 1. The molecule has 1 aromatic heterocycles. The van der Waals surface area contributed by atoms with Crippen LogP contribution in [0.2, 0.25) is 0 Å². The van der Waals surface area contributed by atoms with Gasteiger partial charge in [0.15, 0.2) is 20.6 Å². The van der Waals surface area contributed by atoms with Gasteiger partial charge in [-0.25, -0.2) is 13.4 Å². The number of hydrogen-bond acceptors (Lipinski definition) is 9. The average Bonchev–Trinajstić information content (AvgIpc) is 3.36. The van der Waals surface area contributed by atoms with Gasteiger partial charge < -0.3 is 28.7 Å². The summed E-state index contributed by atoms with van der Waals surface area (Å²) in [6.45, 7) is 3.58. The monoisotopic (exact) mass is 517 g/mol. The van der Waals surface area contributed by atoms with E-state index in [4.69, 9.17) is 18.9 Å². The third kappa shape index (κ3) is 5.08. The van der Waals surface area contributed by atoms with Gasteiger partial charge in [-0.05, 0) is 25.0 Å². The van der Waals surface area contributed by atoms with Gasteiger partial charge in [0.05, 0.1) is 37.8 Å². The minimum atomic E-state index is -3.53. The van der Waals surface area contributed by atoms with Crippen LogP contribution in [0, 0.1) is 5.92 Å². The van der Waals surface area contributed by atoms with Crippen LogP contribution >= 0.6 is 0 Å². The SMILES string of the molecule is COc1cc(N2CCOc3ccc(O[C@H]4CCN(C(=O)C5CCOCC5)C4)cc32)cnc1S(C)(=O)=O. The molecule has 2 aromatic rings. The lowest BCUT2D eigenvalue weighted by Gasteiger charge is -2.32. The van der Waals surface area contributed by atoms with Crippen molar-refractivity contribution >= 4 is 27.1 Å². The van der Waals surface area contributed by atoms with Crippen LogP contribution in [-0.2, 0) is 19.4 Å². The van der Waals surface area contributed by atoms with Crippen LogP contribution in [0.25, 0.3) is 0 Å². The van der Waals surface area contributed by atoms with Gasteiger partial charge in [-0.3, -0.25) is 4.79 Å². The number of ether oxygens (including phenoxy) is 4. The molecule has 2 saturated heterocycles. The van der Waals surface area contributed by atoms with Gasteiger partial charge in [0.2, 0.25) is 5.91 Å². The number of amides is 1. The summed E-state index contributed by atoms with van der Waals surface area (Å²) in [5.74, 6) is 1.82. The molecule has 3 aliphatic heterocycles. The third-order valence-corrected chi connectivity index (χ3v) is 7.82. The maximum Gasteiger partial charge on any atom is 0.225 e. The summed E-state index contributed by atoms with van der Waals surface area (Å²) >= 11 is 0. The number of benzene rings is 1. The summed E-state index contributed by atoms with van der Waals surface area (Å²) < 4.78 is 46.9. The maximum atomic E-state index is 12.9. The van der Waals surface area contributed by atoms with Crippen molar-refractivity contribution in [1.82, 2.24) is 9.88 Å². The second-order valence-corrected chi connectivity index (χ2v) is 11.2. The standard InChI is InChI=1S/C25H31N3O7S/c1-32-23-13-18(15-26-24(23)36(2,30)31)28-9-12-34-22-4-3-19(14-21(22)28)35-20-5-8-27(16-20)25(29)17-6-10-33-11-7-17/h3-4,13-15,17,20H,5-12,16H2,1-2H3/t20-/m0/s1. The van der Waals surface area contributed by atoms with E-state index in [1.165, 1.54) is 13.3 Å². The van der Waals surface area contributed by atoms with Gasteiger partial charge in [0, 0.05) is 50.5 Å². The highest BCUT2D eigenvalue weighted by atomic mass is 32.2. The van der Waals surface area contributed by atoms with Crippen molar-refractivity contribution in [3.8, 4) is 17.2 Å². The van der Waals surface area contributed by atoms with E-state index in [0.29, 0.717) is 56.6 Å². The van der Waals surface area contributed by atoms with E-state index in [2.05, 4.69) is 4.98 Å². The Morgan fingerprint density at radius 1 is 1.11 bits per heavy atom. The summed E-state index contributed by atoms with van der Waals surface area (Å²) in [6.07, 6.45) is 4.89. The molecule has 36 heavy (non-hydrogen) atoms. The molecule has 2 fully saturated rings. The lowest BCUT2D eigenvalue weighted by molar-refractivity contribution is -0.137. The number of rotatable bonds is 6. The molecule has 3 aliphatic rings. The molecule has 1 atom stereocenters. The molecule has 11 heteroatoms. The molecule has 0 spiro atoms. The summed E-state index contributed by atoms with van der Waals surface area (Å²) in [6, 6.07) is 7.32. The largest absolute Gasteiger partial charge is 0.494 e. The molecule has 4 heterocycles. The van der Waals surface area contributed by atoms with Crippen LogP contribution < -0.4 is 19.1 Å². The van der Waals surface area contributed by atoms with Gasteiger partial charge in [0.25, 0.3) is 0 Å². The molecule has 0 N–H and O–H groups in total. The number of nitrogens with zero attached hydrogens (tertiary/aromatic N) is 3. The quantitative estimate of drug-likeness (QED) is 0.571. The highest BCUT2D eigenvalue weighted by Gasteiger charge is 2.33. The fourth-order valence-corrected chi connectivity index (χ4v) is 5.70. The molecule has 194 valence electrons. The minimum absolute atomic E-state index is 0.0478. The molecule has 0 aliphatic carbocycles. The Bertz CT molecular complexity index is 1230. The molecule has 5 rings (SSSR count). The minimum Gasteiger partial charge on any atom is -0.494 e. The van der Waals surface area contributed by atoms with Gasteiger partial charge in [-0.1, -0.05) is 0 Å². The topological polar surface area (TPSA) is 108 Å². The number of carbonyl (C=O) groups is 1. The number of aromatic nitrogens is 1. The summed E-state index contributed by atoms with van der Waals surface area (Å²) in [5, 5.41) is -0.0968. The molecule has 1 aromatic carbocycles. The molecule has 0 unspecified atom stereocenters. The molecule has 0 radical (unpaired) electrons. The highest BCUT2D eigenvalue weighted by molar-refractivity contribution is 7.90. The zero-order valence-corrected chi connectivity index (χ0v) is 21.3. The average molecular weight is 518 g/mol. The van der Waals surface area contributed by atoms with Crippen molar-refractivity contribution in [2.45, 2.75) is 30.4 Å². The van der Waals surface area contributed by atoms with E-state index in [-0.39, 0.29) is 28.7 Å². The van der Waals surface area contributed by atoms with Crippen molar-refractivity contribution in [3.63, 3.8) is 0 Å². The van der Waals surface area contributed by atoms with Crippen LogP contribution in [0.3, 0.4) is 0 Å². The first kappa shape index (κ1) is 24.6. The summed E-state index contributed by atoms with van der Waals surface area (Å²) in [5.41, 5.74) is 1.48. The van der Waals surface area contributed by atoms with Gasteiger partial charge in [-0.2, -0.15) is 0 Å². The van der Waals surface area contributed by atoms with Crippen LogP contribution in [0.15, 0.2) is 35.5 Å². The lowest BCUT2D eigenvalue weighted by Crippen LogP contribution is -2.38. The molecule has 10 nitrogen and oxygen atoms in total. The van der Waals surface area contributed by atoms with E-state index in [9.17, 15) is 13.2 Å². The normalized spacial score (nSPS) is 20.6. The van der Waals surface area contributed by atoms with E-state index in [1.807, 2.05) is 28.0 Å². The predicted molar refractivity (Wildman–Crippen MR) is 132 cm³/mol. The Labute approximate surface area is 211 Å². The Morgan fingerprint density at radius 3 is 2.67 bits per heavy atom. The number of methoxy groups -OCH3 is 1. The number of hydrogen-bond donors (Lipinski definition) is 0. The van der Waals surface area contributed by atoms with Crippen molar-refractivity contribution in [1.29, 1.82) is 0 Å². The molecule has 0 bridgehead atoms. The summed E-state index contributed by atoms with van der Waals surface area (Å²) in [4.78, 5) is 20.9. The summed E-state index contributed by atoms with van der Waals surface area (Å²) in [7, 11) is -2.10. The second-order valence-electron chi connectivity index (χ2n) is 9.30. The van der Waals surface area contributed by atoms with Crippen LogP contribution in [-0.4, -0.2) is 83.1 Å². The first-order valence-electron chi connectivity index (χ1n) is 12.1. The molecule has 1 amide bonds. The van der Waals surface area contributed by atoms with Crippen molar-refractivity contribution in [3.05, 3.63) is 30.5 Å². The number of carbonyl (C=O) groups excluding carboxylic acids is 1. The van der Waals surface area contributed by atoms with Gasteiger partial charge in [-0.15, -0.1) is 0 Å². The molecular formula is C25H31N3O7S. The fourth-order valence-electron chi connectivity index (χ4n) is 4.95. The van der Waals surface area contributed by atoms with E-state index >= 15 is 0 Å². The maximum absolute atomic E-state index is 12.9. The van der Waals surface area contributed by atoms with Crippen molar-refractivity contribution in [2.24, 2.45) is 5.92 Å². The van der Waals surface area contributed by atoms with Gasteiger partial charge >= 0.3 is 0 Å². The molecule has 0 saturated carbocycles. The molecular weight excluding hydrogens is 486 g/mol. The van der Waals surface area contributed by atoms with Crippen molar-refractivity contribution in [2.75, 3.05) is 57.7 Å². The van der Waals surface area contributed by atoms with Gasteiger partial charge in [0.1, 0.15) is 24.2 Å². The Hall–Kier alpha value is -3.05. The first-order chi connectivity index (χ1) is 17.3. The highest BCUT2D eigenvalue weighted by Crippen LogP contribution is 2.40. The smallest absolute Gasteiger partial charge is 0.225 e. The van der Waals surface area contributed by atoms with E-state index < -0.39 is 9.84 Å². The van der Waals surface area contributed by atoms with Crippen LogP contribution in [0.4, 0.5) is 11.4 Å². The third-order valence-electron chi connectivity index (χ3n) is 6.81. The number of likely N-dealkylation sites (tertiary alicyclic amines) is 1. The number of fused-ring (bicyclic) bond motifs is 1. The van der Waals surface area contributed by atoms with E-state index in [1.54, 1.807) is 6.07 Å². The Kier molecular flexibility index (Phi) is 6.94. The Balaban J connectivity index is 1.32.